The highest BCUT2D eigenvalue weighted by atomic mass is 32.2. The van der Waals surface area contributed by atoms with Crippen molar-refractivity contribution in [3.8, 4) is 0 Å². The molecule has 0 aliphatic carbocycles. The third-order valence-corrected chi connectivity index (χ3v) is 4.50. The second kappa shape index (κ2) is 8.11. The number of aromatic nitrogens is 1. The molecule has 0 saturated carbocycles. The Bertz CT molecular complexity index is 922. The summed E-state index contributed by atoms with van der Waals surface area (Å²) in [7, 11) is -3.18. The number of pyridine rings is 1. The number of hydrogen-bond donors (Lipinski definition) is 2. The van der Waals surface area contributed by atoms with Crippen LogP contribution in [0, 0.1) is 26.6 Å². The molecule has 0 atom stereocenters. The van der Waals surface area contributed by atoms with Crippen LogP contribution in [0.1, 0.15) is 27.0 Å². The standard InChI is InChI=1S/C9H12O3S.C7H8FN3O2/c1-6-4-7(2)9(8(3)5-6)13(10,11)12;1-13-7(12)4-2-6(9)11(10)3-5(4)8/h4-5H,1-3H3,(H,10,11,12);2-3,9H,10H2,1H3. The number of aryl methyl sites for hydroxylation is 3. The highest BCUT2D eigenvalue weighted by Crippen LogP contribution is 2.20. The second-order valence-corrected chi connectivity index (χ2v) is 6.86. The average molecular weight is 385 g/mol. The first-order chi connectivity index (χ1) is 11.9. The number of carbonyl (C=O) groups excluding carboxylic acids is 1. The highest BCUT2D eigenvalue weighted by Gasteiger charge is 2.17. The van der Waals surface area contributed by atoms with Crippen molar-refractivity contribution in [3.05, 3.63) is 52.5 Å². The molecule has 0 radical (unpaired) electrons. The van der Waals surface area contributed by atoms with Crippen LogP contribution in [0.5, 0.6) is 0 Å². The van der Waals surface area contributed by atoms with Crippen molar-refractivity contribution in [2.45, 2.75) is 25.7 Å². The number of hydrogen-bond acceptors (Lipinski definition) is 7. The van der Waals surface area contributed by atoms with Crippen LogP contribution in [0.25, 0.3) is 0 Å². The summed E-state index contributed by atoms with van der Waals surface area (Å²) in [5.74, 6) is 3.74. The molecule has 0 unspecified atom stereocenters. The Morgan fingerprint density at radius 2 is 1.69 bits per heavy atom. The Morgan fingerprint density at radius 3 is 2.12 bits per heavy atom. The molecule has 2 aromatic rings. The van der Waals surface area contributed by atoms with Crippen molar-refractivity contribution in [2.75, 3.05) is 18.7 Å². The van der Waals surface area contributed by atoms with Crippen molar-refractivity contribution >= 4 is 21.9 Å². The zero-order valence-corrected chi connectivity index (χ0v) is 15.6. The number of anilines is 1. The molecule has 0 bridgehead atoms. The number of esters is 1. The molecule has 0 fully saturated rings. The van der Waals surface area contributed by atoms with Crippen molar-refractivity contribution in [3.63, 3.8) is 0 Å². The number of carbonyl (C=O) groups is 1. The molecule has 8 nitrogen and oxygen atoms in total. The zero-order chi connectivity index (χ0) is 20.2. The first-order valence-corrected chi connectivity index (χ1v) is 8.67. The van der Waals surface area contributed by atoms with Gasteiger partial charge in [-0.2, -0.15) is 0 Å². The van der Waals surface area contributed by atoms with Gasteiger partial charge < -0.3 is 9.29 Å². The van der Waals surface area contributed by atoms with Crippen LogP contribution in [-0.4, -0.2) is 26.0 Å². The summed E-state index contributed by atoms with van der Waals surface area (Å²) in [5, 5.41) is 0. The molecular formula is C16H20FN3O5S. The largest absolute Gasteiger partial charge is 0.744 e. The zero-order valence-electron chi connectivity index (χ0n) is 14.7. The van der Waals surface area contributed by atoms with Crippen LogP contribution in [-0.2, 0) is 14.9 Å². The molecule has 0 aliphatic heterocycles. The summed E-state index contributed by atoms with van der Waals surface area (Å²) in [6.45, 7) is 5.12. The van der Waals surface area contributed by atoms with Gasteiger partial charge in [-0.15, -0.1) is 4.68 Å². The van der Waals surface area contributed by atoms with Crippen molar-refractivity contribution < 1.29 is 31.6 Å². The predicted molar refractivity (Wildman–Crippen MR) is 91.1 cm³/mol. The van der Waals surface area contributed by atoms with E-state index in [-0.39, 0.29) is 16.3 Å². The van der Waals surface area contributed by atoms with E-state index in [4.69, 9.17) is 11.6 Å². The number of ether oxygens (including phenoxy) is 1. The van der Waals surface area contributed by atoms with Crippen LogP contribution >= 0.6 is 0 Å². The Morgan fingerprint density at radius 1 is 1.19 bits per heavy atom. The van der Waals surface area contributed by atoms with Gasteiger partial charge in [-0.1, -0.05) is 17.7 Å². The molecule has 1 heterocycles. The van der Waals surface area contributed by atoms with E-state index >= 15 is 0 Å². The number of methoxy groups -OCH3 is 1. The number of halogens is 1. The maximum atomic E-state index is 13.0. The van der Waals surface area contributed by atoms with E-state index in [9.17, 15) is 22.2 Å². The molecule has 0 aliphatic rings. The lowest BCUT2D eigenvalue weighted by Crippen LogP contribution is -2.47. The van der Waals surface area contributed by atoms with Gasteiger partial charge in [-0.25, -0.2) is 17.6 Å². The Hall–Kier alpha value is -2.72. The molecule has 1 aromatic heterocycles. The molecule has 2 rings (SSSR count). The molecule has 0 spiro atoms. The Balaban J connectivity index is 0.000000260. The molecular weight excluding hydrogens is 365 g/mol. The van der Waals surface area contributed by atoms with Gasteiger partial charge in [0.25, 0.3) is 5.82 Å². The molecule has 1 aromatic carbocycles. The topological polar surface area (TPSA) is 139 Å². The summed E-state index contributed by atoms with van der Waals surface area (Å²) >= 11 is 0. The molecule has 142 valence electrons. The van der Waals surface area contributed by atoms with Gasteiger partial charge in [0.15, 0.2) is 12.0 Å². The summed E-state index contributed by atoms with van der Waals surface area (Å²) in [4.78, 5) is 10.8. The van der Waals surface area contributed by atoms with E-state index < -0.39 is 21.9 Å². The third kappa shape index (κ3) is 5.14. The van der Waals surface area contributed by atoms with Crippen molar-refractivity contribution in [2.24, 2.45) is 0 Å². The first kappa shape index (κ1) is 21.3. The third-order valence-electron chi connectivity index (χ3n) is 3.36. The maximum Gasteiger partial charge on any atom is 0.341 e. The molecule has 0 amide bonds. The van der Waals surface area contributed by atoms with Crippen LogP contribution in [0.3, 0.4) is 0 Å². The minimum absolute atomic E-state index is 0.0711. The Kier molecular flexibility index (Phi) is 6.65. The lowest BCUT2D eigenvalue weighted by atomic mass is 10.1. The fraction of sp³-hybridized carbons (Fsp3) is 0.250. The second-order valence-electron chi connectivity index (χ2n) is 5.54. The summed E-state index contributed by atoms with van der Waals surface area (Å²) in [6, 6.07) is 4.50. The fourth-order valence-electron chi connectivity index (χ4n) is 2.39. The maximum absolute atomic E-state index is 13.0. The number of nitrogens with zero attached hydrogens (tertiary/aromatic N) is 1. The number of nitrogens with two attached hydrogens (primary N) is 2. The van der Waals surface area contributed by atoms with Gasteiger partial charge >= 0.3 is 5.97 Å². The molecule has 10 heteroatoms. The molecule has 26 heavy (non-hydrogen) atoms. The normalized spacial score (nSPS) is 10.7. The van der Waals surface area contributed by atoms with E-state index in [2.05, 4.69) is 4.74 Å². The summed E-state index contributed by atoms with van der Waals surface area (Å²) in [5.41, 5.74) is 7.11. The molecule has 4 N–H and O–H groups in total. The van der Waals surface area contributed by atoms with Gasteiger partial charge in [0.1, 0.15) is 15.7 Å². The van der Waals surface area contributed by atoms with Gasteiger partial charge in [-0.3, -0.25) is 11.6 Å². The van der Waals surface area contributed by atoms with Gasteiger partial charge in [0.05, 0.1) is 12.0 Å². The van der Waals surface area contributed by atoms with E-state index in [0.717, 1.165) is 29.6 Å². The fourth-order valence-corrected chi connectivity index (χ4v) is 3.29. The van der Waals surface area contributed by atoms with Crippen LogP contribution in [0.4, 0.5) is 10.2 Å². The van der Waals surface area contributed by atoms with Crippen molar-refractivity contribution in [1.82, 2.24) is 0 Å². The minimum Gasteiger partial charge on any atom is -0.744 e. The number of rotatable bonds is 2. The lowest BCUT2D eigenvalue weighted by molar-refractivity contribution is -0.625. The van der Waals surface area contributed by atoms with Gasteiger partial charge in [0.2, 0.25) is 0 Å². The smallest absolute Gasteiger partial charge is 0.341 e. The van der Waals surface area contributed by atoms with Crippen molar-refractivity contribution in [1.29, 1.82) is 0 Å². The van der Waals surface area contributed by atoms with E-state index in [0.29, 0.717) is 11.1 Å². The van der Waals surface area contributed by atoms with Crippen LogP contribution in [0.2, 0.25) is 0 Å². The minimum atomic E-state index is -4.33. The average Bonchev–Trinajstić information content (AvgIpc) is 2.48. The monoisotopic (exact) mass is 385 g/mol. The summed E-state index contributed by atoms with van der Waals surface area (Å²) in [6.07, 6.45) is 0.904. The highest BCUT2D eigenvalue weighted by molar-refractivity contribution is 7.85. The van der Waals surface area contributed by atoms with Crippen LogP contribution in [0.15, 0.2) is 29.3 Å². The predicted octanol–water partition coefficient (Wildman–Crippen LogP) is 0.712. The SMILES string of the molecule is COC(=O)c1cc(N)[n+](N)cc1F.Cc1cc(C)c(S(=O)(=O)[O-])c(C)c1. The quantitative estimate of drug-likeness (QED) is 0.336. The lowest BCUT2D eigenvalue weighted by Gasteiger charge is -2.14. The number of benzene rings is 1. The molecule has 0 saturated heterocycles. The van der Waals surface area contributed by atoms with Gasteiger partial charge in [0, 0.05) is 6.07 Å². The van der Waals surface area contributed by atoms with Gasteiger partial charge in [-0.05, 0) is 31.9 Å². The van der Waals surface area contributed by atoms with Crippen LogP contribution < -0.4 is 16.3 Å². The van der Waals surface area contributed by atoms with E-state index in [1.54, 1.807) is 26.0 Å². The first-order valence-electron chi connectivity index (χ1n) is 7.26. The van der Waals surface area contributed by atoms with E-state index in [1.807, 2.05) is 6.92 Å². The van der Waals surface area contributed by atoms with E-state index in [1.165, 1.54) is 0 Å². The summed E-state index contributed by atoms with van der Waals surface area (Å²) < 4.78 is 50.7. The Labute approximate surface area is 150 Å². The number of nitrogen functional groups attached to an aromatic ring is 2.